The van der Waals surface area contributed by atoms with Crippen LogP contribution < -0.4 is 15.4 Å². The Morgan fingerprint density at radius 2 is 1.64 bits per heavy atom. The van der Waals surface area contributed by atoms with Gasteiger partial charge >= 0.3 is 12.2 Å². The number of benzene rings is 2. The molecule has 4 nitrogen and oxygen atoms in total. The van der Waals surface area contributed by atoms with Crippen LogP contribution in [-0.2, 0) is 11.7 Å². The first-order chi connectivity index (χ1) is 11.6. The maximum Gasteiger partial charge on any atom is 0.416 e. The standard InChI is InChI=1S/C18H19F3N2O2/c1-17(2,12-7-9-15(25-3)10-8-12)23-16(24)22-14-6-4-5-13(11-14)18(19,20)21/h4-11H,1-3H3,(H2,22,23,24). The summed E-state index contributed by atoms with van der Waals surface area (Å²) >= 11 is 0. The van der Waals surface area contributed by atoms with Crippen molar-refractivity contribution in [2.75, 3.05) is 12.4 Å². The molecule has 0 fully saturated rings. The van der Waals surface area contributed by atoms with Crippen molar-refractivity contribution < 1.29 is 22.7 Å². The van der Waals surface area contributed by atoms with Crippen molar-refractivity contribution >= 4 is 11.7 Å². The number of methoxy groups -OCH3 is 1. The topological polar surface area (TPSA) is 50.4 Å². The van der Waals surface area contributed by atoms with Gasteiger partial charge in [0.25, 0.3) is 0 Å². The predicted molar refractivity (Wildman–Crippen MR) is 89.6 cm³/mol. The molecule has 2 aromatic rings. The minimum Gasteiger partial charge on any atom is -0.497 e. The number of ether oxygens (including phenoxy) is 1. The van der Waals surface area contributed by atoms with Gasteiger partial charge in [-0.15, -0.1) is 0 Å². The molecule has 2 rings (SSSR count). The zero-order valence-corrected chi connectivity index (χ0v) is 14.1. The first-order valence-corrected chi connectivity index (χ1v) is 7.53. The maximum absolute atomic E-state index is 12.7. The van der Waals surface area contributed by atoms with E-state index >= 15 is 0 Å². The number of nitrogens with one attached hydrogen (secondary N) is 2. The van der Waals surface area contributed by atoms with E-state index < -0.39 is 23.3 Å². The van der Waals surface area contributed by atoms with E-state index in [4.69, 9.17) is 4.74 Å². The van der Waals surface area contributed by atoms with Crippen LogP contribution in [0.5, 0.6) is 5.75 Å². The van der Waals surface area contributed by atoms with Crippen LogP contribution in [-0.4, -0.2) is 13.1 Å². The predicted octanol–water partition coefficient (Wildman–Crippen LogP) is 4.77. The maximum atomic E-state index is 12.7. The molecule has 0 aliphatic rings. The van der Waals surface area contributed by atoms with Crippen LogP contribution in [0.1, 0.15) is 25.0 Å². The quantitative estimate of drug-likeness (QED) is 0.833. The second kappa shape index (κ2) is 7.04. The van der Waals surface area contributed by atoms with Gasteiger partial charge in [-0.1, -0.05) is 18.2 Å². The Kier molecular flexibility index (Phi) is 5.25. The Bertz CT molecular complexity index is 741. The molecule has 0 saturated carbocycles. The fourth-order valence-electron chi connectivity index (χ4n) is 2.30. The van der Waals surface area contributed by atoms with Crippen molar-refractivity contribution in [1.82, 2.24) is 5.32 Å². The number of urea groups is 1. The van der Waals surface area contributed by atoms with Crippen molar-refractivity contribution in [3.05, 3.63) is 59.7 Å². The van der Waals surface area contributed by atoms with Crippen LogP contribution in [0, 0.1) is 0 Å². The molecule has 0 bridgehead atoms. The lowest BCUT2D eigenvalue weighted by atomic mass is 9.94. The summed E-state index contributed by atoms with van der Waals surface area (Å²) in [4.78, 5) is 12.2. The fraction of sp³-hybridized carbons (Fsp3) is 0.278. The fourth-order valence-corrected chi connectivity index (χ4v) is 2.30. The summed E-state index contributed by atoms with van der Waals surface area (Å²) in [6.45, 7) is 3.58. The molecule has 0 heterocycles. The number of alkyl halides is 3. The first-order valence-electron chi connectivity index (χ1n) is 7.53. The van der Waals surface area contributed by atoms with Gasteiger partial charge in [-0.3, -0.25) is 0 Å². The summed E-state index contributed by atoms with van der Waals surface area (Å²) in [6, 6.07) is 11.0. The van der Waals surface area contributed by atoms with E-state index in [1.807, 2.05) is 12.1 Å². The molecular weight excluding hydrogens is 333 g/mol. The highest BCUT2D eigenvalue weighted by Gasteiger charge is 2.30. The lowest BCUT2D eigenvalue weighted by Gasteiger charge is -2.27. The molecule has 0 saturated heterocycles. The van der Waals surface area contributed by atoms with Gasteiger partial charge in [-0.25, -0.2) is 4.79 Å². The molecule has 2 N–H and O–H groups in total. The van der Waals surface area contributed by atoms with Crippen molar-refractivity contribution in [2.45, 2.75) is 25.6 Å². The highest BCUT2D eigenvalue weighted by atomic mass is 19.4. The second-order valence-electron chi connectivity index (χ2n) is 6.01. The van der Waals surface area contributed by atoms with E-state index in [1.165, 1.54) is 12.1 Å². The van der Waals surface area contributed by atoms with Crippen LogP contribution >= 0.6 is 0 Å². The van der Waals surface area contributed by atoms with Gasteiger partial charge in [0.2, 0.25) is 0 Å². The Hall–Kier alpha value is -2.70. The van der Waals surface area contributed by atoms with Crippen molar-refractivity contribution in [3.63, 3.8) is 0 Å². The Morgan fingerprint density at radius 1 is 1.00 bits per heavy atom. The molecule has 25 heavy (non-hydrogen) atoms. The highest BCUT2D eigenvalue weighted by molar-refractivity contribution is 5.89. The Morgan fingerprint density at radius 3 is 2.20 bits per heavy atom. The number of amides is 2. The van der Waals surface area contributed by atoms with E-state index in [2.05, 4.69) is 10.6 Å². The molecule has 0 aliphatic heterocycles. The summed E-state index contributed by atoms with van der Waals surface area (Å²) in [7, 11) is 1.56. The summed E-state index contributed by atoms with van der Waals surface area (Å²) in [5.41, 5.74) is -0.650. The molecule has 0 spiro atoms. The lowest BCUT2D eigenvalue weighted by molar-refractivity contribution is -0.137. The third-order valence-corrected chi connectivity index (χ3v) is 3.69. The molecule has 0 aromatic heterocycles. The molecule has 0 unspecified atom stereocenters. The summed E-state index contributed by atoms with van der Waals surface area (Å²) in [5.74, 6) is 0.688. The number of rotatable bonds is 4. The van der Waals surface area contributed by atoms with E-state index in [-0.39, 0.29) is 5.69 Å². The van der Waals surface area contributed by atoms with Crippen LogP contribution in [0.2, 0.25) is 0 Å². The number of halogens is 3. The molecule has 0 atom stereocenters. The SMILES string of the molecule is COc1ccc(C(C)(C)NC(=O)Nc2cccc(C(F)(F)F)c2)cc1. The zero-order chi connectivity index (χ0) is 18.7. The number of hydrogen-bond donors (Lipinski definition) is 2. The number of carbonyl (C=O) groups excluding carboxylic acids is 1. The van der Waals surface area contributed by atoms with E-state index in [1.54, 1.807) is 33.1 Å². The van der Waals surface area contributed by atoms with E-state index in [9.17, 15) is 18.0 Å². The van der Waals surface area contributed by atoms with Crippen molar-refractivity contribution in [3.8, 4) is 5.75 Å². The van der Waals surface area contributed by atoms with Gasteiger partial charge in [-0.05, 0) is 49.7 Å². The third-order valence-electron chi connectivity index (χ3n) is 3.69. The minimum absolute atomic E-state index is 0.0675. The molecule has 0 aliphatic carbocycles. The van der Waals surface area contributed by atoms with Crippen LogP contribution in [0.25, 0.3) is 0 Å². The average Bonchev–Trinajstić information content (AvgIpc) is 2.53. The molecule has 2 amide bonds. The first kappa shape index (κ1) is 18.6. The van der Waals surface area contributed by atoms with Gasteiger partial charge < -0.3 is 15.4 Å². The minimum atomic E-state index is -4.46. The zero-order valence-electron chi connectivity index (χ0n) is 14.1. The van der Waals surface area contributed by atoms with Gasteiger partial charge in [0.1, 0.15) is 5.75 Å². The molecule has 134 valence electrons. The van der Waals surface area contributed by atoms with Crippen LogP contribution in [0.3, 0.4) is 0 Å². The molecule has 0 radical (unpaired) electrons. The van der Waals surface area contributed by atoms with Crippen LogP contribution in [0.15, 0.2) is 48.5 Å². The smallest absolute Gasteiger partial charge is 0.416 e. The average molecular weight is 352 g/mol. The summed E-state index contributed by atoms with van der Waals surface area (Å²) < 4.78 is 43.3. The summed E-state index contributed by atoms with van der Waals surface area (Å²) in [6.07, 6.45) is -4.46. The third kappa shape index (κ3) is 4.89. The number of hydrogen-bond acceptors (Lipinski definition) is 2. The number of carbonyl (C=O) groups is 1. The normalized spacial score (nSPS) is 11.8. The van der Waals surface area contributed by atoms with Gasteiger partial charge in [0.15, 0.2) is 0 Å². The second-order valence-corrected chi connectivity index (χ2v) is 6.01. The molecule has 7 heteroatoms. The van der Waals surface area contributed by atoms with Crippen molar-refractivity contribution in [2.24, 2.45) is 0 Å². The monoisotopic (exact) mass is 352 g/mol. The number of anilines is 1. The van der Waals surface area contributed by atoms with E-state index in [0.717, 1.165) is 17.7 Å². The summed E-state index contributed by atoms with van der Waals surface area (Å²) in [5, 5.41) is 5.17. The largest absolute Gasteiger partial charge is 0.497 e. The molecular formula is C18H19F3N2O2. The Labute approximate surface area is 144 Å². The van der Waals surface area contributed by atoms with Crippen molar-refractivity contribution in [1.29, 1.82) is 0 Å². The Balaban J connectivity index is 2.08. The van der Waals surface area contributed by atoms with Gasteiger partial charge in [0.05, 0.1) is 18.2 Å². The lowest BCUT2D eigenvalue weighted by Crippen LogP contribution is -2.43. The van der Waals surface area contributed by atoms with Gasteiger partial charge in [0, 0.05) is 5.69 Å². The van der Waals surface area contributed by atoms with Gasteiger partial charge in [-0.2, -0.15) is 13.2 Å². The highest BCUT2D eigenvalue weighted by Crippen LogP contribution is 2.30. The molecule has 2 aromatic carbocycles. The van der Waals surface area contributed by atoms with Crippen LogP contribution in [0.4, 0.5) is 23.7 Å². The van der Waals surface area contributed by atoms with E-state index in [0.29, 0.717) is 5.75 Å².